The van der Waals surface area contributed by atoms with Gasteiger partial charge in [-0.2, -0.15) is 0 Å². The fourth-order valence-electron chi connectivity index (χ4n) is 2.41. The number of hydrogen-bond donors (Lipinski definition) is 1. The minimum atomic E-state index is 0.109. The van der Waals surface area contributed by atoms with E-state index in [4.69, 9.17) is 9.47 Å². The molecule has 0 amide bonds. The van der Waals surface area contributed by atoms with Crippen molar-refractivity contribution in [1.29, 1.82) is 0 Å². The fraction of sp³-hybridized carbons (Fsp3) is 0.600. The number of nitrogens with one attached hydrogen (secondary N) is 1. The van der Waals surface area contributed by atoms with Crippen LogP contribution in [0.2, 0.25) is 0 Å². The van der Waals surface area contributed by atoms with Crippen LogP contribution >= 0.6 is 0 Å². The van der Waals surface area contributed by atoms with Gasteiger partial charge in [0.2, 0.25) is 0 Å². The highest BCUT2D eigenvalue weighted by molar-refractivity contribution is 5.35. The smallest absolute Gasteiger partial charge is 0.125 e. The van der Waals surface area contributed by atoms with Gasteiger partial charge in [-0.1, -0.05) is 31.5 Å². The summed E-state index contributed by atoms with van der Waals surface area (Å²) >= 11 is 0. The average molecular weight is 249 g/mol. The molecule has 2 atom stereocenters. The van der Waals surface area contributed by atoms with E-state index in [1.165, 1.54) is 0 Å². The van der Waals surface area contributed by atoms with Crippen molar-refractivity contribution in [3.8, 4) is 5.75 Å². The monoisotopic (exact) mass is 249 g/mol. The maximum atomic E-state index is 6.16. The third-order valence-corrected chi connectivity index (χ3v) is 3.23. The third-order valence-electron chi connectivity index (χ3n) is 3.23. The second kappa shape index (κ2) is 6.76. The predicted molar refractivity (Wildman–Crippen MR) is 73.0 cm³/mol. The van der Waals surface area contributed by atoms with Crippen molar-refractivity contribution in [3.63, 3.8) is 0 Å². The third kappa shape index (κ3) is 3.24. The van der Waals surface area contributed by atoms with Crippen molar-refractivity contribution < 1.29 is 9.47 Å². The van der Waals surface area contributed by atoms with Crippen molar-refractivity contribution >= 4 is 0 Å². The highest BCUT2D eigenvalue weighted by Gasteiger charge is 2.24. The van der Waals surface area contributed by atoms with Crippen molar-refractivity contribution in [3.05, 3.63) is 29.8 Å². The molecule has 0 saturated carbocycles. The number of para-hydroxylation sites is 1. The molecule has 1 aromatic rings. The molecule has 1 fully saturated rings. The van der Waals surface area contributed by atoms with Gasteiger partial charge in [-0.15, -0.1) is 0 Å². The molecule has 0 aromatic heterocycles. The van der Waals surface area contributed by atoms with Crippen molar-refractivity contribution in [2.45, 2.75) is 38.9 Å². The predicted octanol–water partition coefficient (Wildman–Crippen LogP) is 2.91. The Morgan fingerprint density at radius 2 is 2.11 bits per heavy atom. The van der Waals surface area contributed by atoms with Crippen LogP contribution in [0, 0.1) is 0 Å². The number of hydrogen-bond acceptors (Lipinski definition) is 3. The van der Waals surface area contributed by atoms with E-state index in [2.05, 4.69) is 18.3 Å². The zero-order valence-electron chi connectivity index (χ0n) is 11.3. The molecule has 3 heteroatoms. The van der Waals surface area contributed by atoms with Crippen LogP contribution in [0.5, 0.6) is 5.75 Å². The van der Waals surface area contributed by atoms with Gasteiger partial charge in [-0.05, 0) is 19.4 Å². The van der Waals surface area contributed by atoms with E-state index in [1.54, 1.807) is 0 Å². The molecule has 1 saturated heterocycles. The first-order valence-corrected chi connectivity index (χ1v) is 6.93. The minimum absolute atomic E-state index is 0.109. The lowest BCUT2D eigenvalue weighted by Crippen LogP contribution is -2.40. The summed E-state index contributed by atoms with van der Waals surface area (Å²) in [7, 11) is 0. The molecular weight excluding hydrogens is 226 g/mol. The van der Waals surface area contributed by atoms with Gasteiger partial charge in [0.15, 0.2) is 0 Å². The molecule has 1 aromatic carbocycles. The lowest BCUT2D eigenvalue weighted by molar-refractivity contribution is -0.0434. The van der Waals surface area contributed by atoms with Gasteiger partial charge < -0.3 is 14.8 Å². The summed E-state index contributed by atoms with van der Waals surface area (Å²) in [5.41, 5.74) is 1.16. The average Bonchev–Trinajstić information content (AvgIpc) is 2.40. The molecule has 100 valence electrons. The summed E-state index contributed by atoms with van der Waals surface area (Å²) in [5, 5.41) is 3.46. The number of rotatable bonds is 5. The molecule has 0 bridgehead atoms. The van der Waals surface area contributed by atoms with Crippen LogP contribution in [-0.2, 0) is 4.74 Å². The van der Waals surface area contributed by atoms with E-state index in [-0.39, 0.29) is 6.10 Å². The summed E-state index contributed by atoms with van der Waals surface area (Å²) in [5.74, 6) is 0.948. The zero-order valence-corrected chi connectivity index (χ0v) is 11.3. The quantitative estimate of drug-likeness (QED) is 0.870. The van der Waals surface area contributed by atoms with Crippen LogP contribution in [0.25, 0.3) is 0 Å². The molecule has 0 spiro atoms. The van der Waals surface area contributed by atoms with Gasteiger partial charge in [0.25, 0.3) is 0 Å². The minimum Gasteiger partial charge on any atom is -0.493 e. The molecular formula is C15H23NO2. The summed E-state index contributed by atoms with van der Waals surface area (Å²) in [6.07, 6.45) is 2.70. The first-order valence-electron chi connectivity index (χ1n) is 6.93. The molecule has 0 aliphatic carbocycles. The molecule has 2 rings (SSSR count). The highest BCUT2D eigenvalue weighted by atomic mass is 16.5. The Morgan fingerprint density at radius 1 is 1.28 bits per heavy atom. The van der Waals surface area contributed by atoms with Crippen LogP contribution in [0.1, 0.15) is 38.4 Å². The topological polar surface area (TPSA) is 30.5 Å². The van der Waals surface area contributed by atoms with Crippen LogP contribution in [-0.4, -0.2) is 25.8 Å². The lowest BCUT2D eigenvalue weighted by Gasteiger charge is -2.31. The van der Waals surface area contributed by atoms with E-state index in [1.807, 2.05) is 25.1 Å². The Labute approximate surface area is 109 Å². The maximum Gasteiger partial charge on any atom is 0.125 e. The van der Waals surface area contributed by atoms with E-state index >= 15 is 0 Å². The molecule has 3 nitrogen and oxygen atoms in total. The fourth-order valence-corrected chi connectivity index (χ4v) is 2.41. The van der Waals surface area contributed by atoms with Gasteiger partial charge in [0, 0.05) is 18.7 Å². The SMILES string of the molecule is CCCC1CNCC(c2ccccc2OCC)O1. The molecule has 0 radical (unpaired) electrons. The Morgan fingerprint density at radius 3 is 2.89 bits per heavy atom. The summed E-state index contributed by atoms with van der Waals surface area (Å²) in [6, 6.07) is 8.18. The van der Waals surface area contributed by atoms with Crippen LogP contribution in [0.15, 0.2) is 24.3 Å². The molecule has 1 aliphatic heterocycles. The molecule has 1 heterocycles. The maximum absolute atomic E-state index is 6.16. The van der Waals surface area contributed by atoms with E-state index in [0.29, 0.717) is 12.7 Å². The summed E-state index contributed by atoms with van der Waals surface area (Å²) in [4.78, 5) is 0. The Hall–Kier alpha value is -1.06. The van der Waals surface area contributed by atoms with Crippen molar-refractivity contribution in [2.75, 3.05) is 19.7 Å². The second-order valence-corrected chi connectivity index (χ2v) is 4.66. The first kappa shape index (κ1) is 13.4. The van der Waals surface area contributed by atoms with Crippen LogP contribution < -0.4 is 10.1 Å². The van der Waals surface area contributed by atoms with Crippen molar-refractivity contribution in [1.82, 2.24) is 5.32 Å². The normalized spacial score (nSPS) is 23.9. The van der Waals surface area contributed by atoms with Crippen LogP contribution in [0.4, 0.5) is 0 Å². The Kier molecular flexibility index (Phi) is 5.02. The summed E-state index contributed by atoms with van der Waals surface area (Å²) in [6.45, 7) is 6.72. The van der Waals surface area contributed by atoms with Gasteiger partial charge in [0.1, 0.15) is 5.75 Å². The first-order chi connectivity index (χ1) is 8.85. The molecule has 1 aliphatic rings. The molecule has 18 heavy (non-hydrogen) atoms. The van der Waals surface area contributed by atoms with Gasteiger partial charge in [-0.3, -0.25) is 0 Å². The van der Waals surface area contributed by atoms with E-state index < -0.39 is 0 Å². The van der Waals surface area contributed by atoms with Gasteiger partial charge in [-0.25, -0.2) is 0 Å². The molecule has 1 N–H and O–H groups in total. The summed E-state index contributed by atoms with van der Waals surface area (Å²) < 4.78 is 11.8. The Bertz CT molecular complexity index is 365. The van der Waals surface area contributed by atoms with Crippen molar-refractivity contribution in [2.24, 2.45) is 0 Å². The van der Waals surface area contributed by atoms with E-state index in [0.717, 1.165) is 37.2 Å². The Balaban J connectivity index is 2.10. The van der Waals surface area contributed by atoms with E-state index in [9.17, 15) is 0 Å². The second-order valence-electron chi connectivity index (χ2n) is 4.66. The van der Waals surface area contributed by atoms with Gasteiger partial charge >= 0.3 is 0 Å². The standard InChI is InChI=1S/C15H23NO2/c1-3-7-12-10-16-11-15(18-12)13-8-5-6-9-14(13)17-4-2/h5-6,8-9,12,15-16H,3-4,7,10-11H2,1-2H3. The van der Waals surface area contributed by atoms with Crippen LogP contribution in [0.3, 0.4) is 0 Å². The number of benzene rings is 1. The lowest BCUT2D eigenvalue weighted by atomic mass is 10.1. The largest absolute Gasteiger partial charge is 0.493 e. The zero-order chi connectivity index (χ0) is 12.8. The van der Waals surface area contributed by atoms with Gasteiger partial charge in [0.05, 0.1) is 18.8 Å². The highest BCUT2D eigenvalue weighted by Crippen LogP contribution is 2.30. The number of morpholine rings is 1. The number of ether oxygens (including phenoxy) is 2. The molecule has 2 unspecified atom stereocenters.